The van der Waals surface area contributed by atoms with E-state index < -0.39 is 0 Å². The van der Waals surface area contributed by atoms with Gasteiger partial charge in [-0.2, -0.15) is 0 Å². The van der Waals surface area contributed by atoms with Gasteiger partial charge in [0, 0.05) is 31.6 Å². The Kier molecular flexibility index (Phi) is 5.23. The molecule has 0 unspecified atom stereocenters. The molecule has 0 aliphatic carbocycles. The lowest BCUT2D eigenvalue weighted by molar-refractivity contribution is -0.121. The van der Waals surface area contributed by atoms with Gasteiger partial charge in [0.1, 0.15) is 19.0 Å². The second kappa shape index (κ2) is 7.74. The number of hydrogen-bond donors (Lipinski definition) is 1. The Labute approximate surface area is 145 Å². The molecule has 2 aromatic rings. The van der Waals surface area contributed by atoms with Gasteiger partial charge in [0.2, 0.25) is 11.8 Å². The number of furan rings is 1. The summed E-state index contributed by atoms with van der Waals surface area (Å²) >= 11 is 0. The third-order valence-corrected chi connectivity index (χ3v) is 3.82. The first kappa shape index (κ1) is 16.9. The van der Waals surface area contributed by atoms with Crippen LogP contribution in [0.15, 0.2) is 41.0 Å². The van der Waals surface area contributed by atoms with Gasteiger partial charge in [-0.25, -0.2) is 0 Å². The van der Waals surface area contributed by atoms with Gasteiger partial charge < -0.3 is 24.1 Å². The highest BCUT2D eigenvalue weighted by Crippen LogP contribution is 2.34. The molecule has 0 spiro atoms. The Morgan fingerprint density at radius 3 is 2.68 bits per heavy atom. The number of anilines is 1. The first-order valence-corrected chi connectivity index (χ1v) is 8.10. The van der Waals surface area contributed by atoms with E-state index in [4.69, 9.17) is 13.9 Å². The van der Waals surface area contributed by atoms with E-state index >= 15 is 0 Å². The maximum absolute atomic E-state index is 12.0. The summed E-state index contributed by atoms with van der Waals surface area (Å²) in [4.78, 5) is 25.5. The molecule has 25 heavy (non-hydrogen) atoms. The van der Waals surface area contributed by atoms with Gasteiger partial charge in [-0.05, 0) is 24.3 Å². The summed E-state index contributed by atoms with van der Waals surface area (Å²) in [5.74, 6) is 1.66. The lowest BCUT2D eigenvalue weighted by atomic mass is 10.2. The van der Waals surface area contributed by atoms with Crippen molar-refractivity contribution in [2.24, 2.45) is 0 Å². The van der Waals surface area contributed by atoms with Gasteiger partial charge >= 0.3 is 0 Å². The largest absolute Gasteiger partial charge is 0.486 e. The molecule has 0 saturated carbocycles. The van der Waals surface area contributed by atoms with E-state index in [1.807, 2.05) is 0 Å². The lowest BCUT2D eigenvalue weighted by Crippen LogP contribution is -2.33. The van der Waals surface area contributed by atoms with E-state index in [1.165, 1.54) is 6.92 Å². The fourth-order valence-corrected chi connectivity index (χ4v) is 2.57. The van der Waals surface area contributed by atoms with Crippen LogP contribution < -0.4 is 19.7 Å². The third-order valence-electron chi connectivity index (χ3n) is 3.82. The minimum absolute atomic E-state index is 0.143. The van der Waals surface area contributed by atoms with Crippen molar-refractivity contribution >= 4 is 17.5 Å². The molecule has 1 aromatic carbocycles. The van der Waals surface area contributed by atoms with Crippen molar-refractivity contribution in [2.75, 3.05) is 24.7 Å². The van der Waals surface area contributed by atoms with E-state index in [9.17, 15) is 9.59 Å². The number of carbonyl (C=O) groups excluding carboxylic acids is 2. The molecule has 7 nitrogen and oxygen atoms in total. The van der Waals surface area contributed by atoms with E-state index in [0.717, 1.165) is 0 Å². The van der Waals surface area contributed by atoms with Crippen LogP contribution in [-0.4, -0.2) is 31.6 Å². The molecule has 0 radical (unpaired) electrons. The molecule has 0 saturated heterocycles. The standard InChI is InChI=1S/C18H20N2O5/c1-13(21)20(7-6-18(22)19-12-15-3-2-8-23-15)14-4-5-16-17(11-14)25-10-9-24-16/h2-5,8,11H,6-7,9-10,12H2,1H3,(H,19,22). The molecule has 1 aliphatic rings. The number of hydrogen-bond acceptors (Lipinski definition) is 5. The van der Waals surface area contributed by atoms with Gasteiger partial charge in [-0.15, -0.1) is 0 Å². The maximum atomic E-state index is 12.0. The number of nitrogens with zero attached hydrogens (tertiary/aromatic N) is 1. The van der Waals surface area contributed by atoms with E-state index in [-0.39, 0.29) is 24.8 Å². The minimum atomic E-state index is -0.153. The van der Waals surface area contributed by atoms with Crippen LogP contribution in [0.2, 0.25) is 0 Å². The number of nitrogens with one attached hydrogen (secondary N) is 1. The summed E-state index contributed by atoms with van der Waals surface area (Å²) in [5, 5.41) is 2.77. The Morgan fingerprint density at radius 1 is 1.16 bits per heavy atom. The fraction of sp³-hybridized carbons (Fsp3) is 0.333. The van der Waals surface area contributed by atoms with Crippen LogP contribution in [0.5, 0.6) is 11.5 Å². The summed E-state index contributed by atoms with van der Waals surface area (Å²) in [6.07, 6.45) is 1.75. The molecule has 0 fully saturated rings. The van der Waals surface area contributed by atoms with Gasteiger partial charge in [0.15, 0.2) is 11.5 Å². The summed E-state index contributed by atoms with van der Waals surface area (Å²) < 4.78 is 16.2. The minimum Gasteiger partial charge on any atom is -0.486 e. The van der Waals surface area contributed by atoms with Crippen LogP contribution in [0.4, 0.5) is 5.69 Å². The van der Waals surface area contributed by atoms with E-state index in [1.54, 1.807) is 41.5 Å². The predicted octanol–water partition coefficient (Wildman–Crippen LogP) is 2.11. The lowest BCUT2D eigenvalue weighted by Gasteiger charge is -2.24. The van der Waals surface area contributed by atoms with Crippen LogP contribution in [0.1, 0.15) is 19.1 Å². The van der Waals surface area contributed by atoms with Crippen molar-refractivity contribution in [1.29, 1.82) is 0 Å². The highest BCUT2D eigenvalue weighted by Gasteiger charge is 2.18. The number of fused-ring (bicyclic) bond motifs is 1. The summed E-state index contributed by atoms with van der Waals surface area (Å²) in [6, 6.07) is 8.88. The monoisotopic (exact) mass is 344 g/mol. The van der Waals surface area contributed by atoms with Crippen molar-refractivity contribution in [3.63, 3.8) is 0 Å². The van der Waals surface area contributed by atoms with Crippen molar-refractivity contribution < 1.29 is 23.5 Å². The molecular formula is C18H20N2O5. The molecule has 132 valence electrons. The molecule has 3 rings (SSSR count). The molecule has 1 aliphatic heterocycles. The Morgan fingerprint density at radius 2 is 1.96 bits per heavy atom. The topological polar surface area (TPSA) is 81.0 Å². The summed E-state index contributed by atoms with van der Waals surface area (Å²) in [5.41, 5.74) is 0.676. The first-order chi connectivity index (χ1) is 12.1. The predicted molar refractivity (Wildman–Crippen MR) is 90.6 cm³/mol. The second-order valence-electron chi connectivity index (χ2n) is 5.60. The number of rotatable bonds is 6. The average molecular weight is 344 g/mol. The molecule has 0 atom stereocenters. The van der Waals surface area contributed by atoms with Crippen molar-refractivity contribution in [3.8, 4) is 11.5 Å². The summed E-state index contributed by atoms with van der Waals surface area (Å²) in [6.45, 7) is 3.07. The number of benzene rings is 1. The Balaban J connectivity index is 1.59. The molecule has 2 amide bonds. The molecule has 0 bridgehead atoms. The molecule has 1 aromatic heterocycles. The zero-order valence-electron chi connectivity index (χ0n) is 14.0. The Hall–Kier alpha value is -2.96. The van der Waals surface area contributed by atoms with E-state index in [0.29, 0.717) is 42.7 Å². The van der Waals surface area contributed by atoms with Crippen molar-refractivity contribution in [1.82, 2.24) is 5.32 Å². The molecular weight excluding hydrogens is 324 g/mol. The van der Waals surface area contributed by atoms with Crippen molar-refractivity contribution in [3.05, 3.63) is 42.4 Å². The van der Waals surface area contributed by atoms with Gasteiger partial charge in [-0.1, -0.05) is 0 Å². The highest BCUT2D eigenvalue weighted by atomic mass is 16.6. The van der Waals surface area contributed by atoms with Crippen LogP contribution in [0, 0.1) is 0 Å². The van der Waals surface area contributed by atoms with Crippen LogP contribution in [0.25, 0.3) is 0 Å². The fourth-order valence-electron chi connectivity index (χ4n) is 2.57. The quantitative estimate of drug-likeness (QED) is 0.868. The van der Waals surface area contributed by atoms with Crippen LogP contribution in [0.3, 0.4) is 0 Å². The smallest absolute Gasteiger partial charge is 0.223 e. The second-order valence-corrected chi connectivity index (χ2v) is 5.60. The normalized spacial score (nSPS) is 12.5. The molecule has 2 heterocycles. The first-order valence-electron chi connectivity index (χ1n) is 8.10. The van der Waals surface area contributed by atoms with Gasteiger partial charge in [0.25, 0.3) is 0 Å². The number of amides is 2. The van der Waals surface area contributed by atoms with Gasteiger partial charge in [0.05, 0.1) is 12.8 Å². The number of ether oxygens (including phenoxy) is 2. The van der Waals surface area contributed by atoms with Crippen LogP contribution >= 0.6 is 0 Å². The highest BCUT2D eigenvalue weighted by molar-refractivity contribution is 5.92. The third kappa shape index (κ3) is 4.32. The van der Waals surface area contributed by atoms with Gasteiger partial charge in [-0.3, -0.25) is 9.59 Å². The SMILES string of the molecule is CC(=O)N(CCC(=O)NCc1ccco1)c1ccc2c(c1)OCCO2. The average Bonchev–Trinajstić information content (AvgIpc) is 3.13. The van der Waals surface area contributed by atoms with Crippen LogP contribution in [-0.2, 0) is 16.1 Å². The molecule has 7 heteroatoms. The zero-order chi connectivity index (χ0) is 17.6. The summed E-state index contributed by atoms with van der Waals surface area (Å²) in [7, 11) is 0. The van der Waals surface area contributed by atoms with E-state index in [2.05, 4.69) is 5.32 Å². The number of carbonyl (C=O) groups is 2. The zero-order valence-corrected chi connectivity index (χ0v) is 14.0. The molecule has 1 N–H and O–H groups in total. The Bertz CT molecular complexity index is 742. The maximum Gasteiger partial charge on any atom is 0.223 e. The van der Waals surface area contributed by atoms with Crippen molar-refractivity contribution in [2.45, 2.75) is 19.9 Å².